The zero-order chi connectivity index (χ0) is 21.1. The lowest BCUT2D eigenvalue weighted by Crippen LogP contribution is -2.43. The van der Waals surface area contributed by atoms with Crippen LogP contribution in [0.1, 0.15) is 63.9 Å². The monoisotopic (exact) mass is 435 g/mol. The maximum atomic E-state index is 12.8. The van der Waals surface area contributed by atoms with E-state index in [1.807, 2.05) is 6.92 Å². The summed E-state index contributed by atoms with van der Waals surface area (Å²) in [5.74, 6) is 0.725. The average Bonchev–Trinajstić information content (AvgIpc) is 3.15. The first-order valence-corrected chi connectivity index (χ1v) is 10.8. The predicted octanol–water partition coefficient (Wildman–Crippen LogP) is 5.20. The molecule has 1 aromatic rings. The second kappa shape index (κ2) is 8.76. The summed E-state index contributed by atoms with van der Waals surface area (Å²) in [5, 5.41) is 15.4. The SMILES string of the molecule is CCCC(=NOCc1cc2c(cc1Cl)OCO2)C1=C(O)CC2(CCCCC2)OC1=O. The molecule has 8 heteroatoms. The third-order valence-corrected chi connectivity index (χ3v) is 6.12. The number of fused-ring (bicyclic) bond motifs is 1. The fourth-order valence-electron chi connectivity index (χ4n) is 4.26. The maximum Gasteiger partial charge on any atom is 0.344 e. The summed E-state index contributed by atoms with van der Waals surface area (Å²) in [6, 6.07) is 3.42. The molecule has 4 rings (SSSR count). The minimum atomic E-state index is -0.568. The molecule has 162 valence electrons. The number of carbonyl (C=O) groups is 1. The number of esters is 1. The normalized spacial score (nSPS) is 20.5. The van der Waals surface area contributed by atoms with Gasteiger partial charge >= 0.3 is 5.97 Å². The Morgan fingerprint density at radius 1 is 1.23 bits per heavy atom. The number of nitrogens with zero attached hydrogens (tertiary/aromatic N) is 1. The van der Waals surface area contributed by atoms with Gasteiger partial charge in [0.2, 0.25) is 6.79 Å². The number of aliphatic hydroxyl groups excluding tert-OH is 1. The van der Waals surface area contributed by atoms with Crippen molar-refractivity contribution in [3.05, 3.63) is 34.1 Å². The summed E-state index contributed by atoms with van der Waals surface area (Å²) >= 11 is 6.27. The summed E-state index contributed by atoms with van der Waals surface area (Å²) in [6.45, 7) is 2.22. The van der Waals surface area contributed by atoms with E-state index < -0.39 is 11.6 Å². The highest BCUT2D eigenvalue weighted by Crippen LogP contribution is 2.41. The van der Waals surface area contributed by atoms with Crippen LogP contribution in [-0.4, -0.2) is 29.2 Å². The van der Waals surface area contributed by atoms with E-state index in [1.54, 1.807) is 12.1 Å². The predicted molar refractivity (Wildman–Crippen MR) is 111 cm³/mol. The van der Waals surface area contributed by atoms with Gasteiger partial charge in [0.05, 0.1) is 10.7 Å². The van der Waals surface area contributed by atoms with Crippen LogP contribution in [0.15, 0.2) is 28.6 Å². The highest BCUT2D eigenvalue weighted by Gasteiger charge is 2.43. The molecule has 0 bridgehead atoms. The number of oxime groups is 1. The zero-order valence-corrected chi connectivity index (χ0v) is 17.8. The minimum absolute atomic E-state index is 0.0464. The fourth-order valence-corrected chi connectivity index (χ4v) is 4.47. The number of benzene rings is 1. The van der Waals surface area contributed by atoms with Crippen molar-refractivity contribution < 1.29 is 28.9 Å². The van der Waals surface area contributed by atoms with Gasteiger partial charge in [-0.05, 0) is 38.2 Å². The number of hydrogen-bond donors (Lipinski definition) is 1. The van der Waals surface area contributed by atoms with Gasteiger partial charge in [-0.2, -0.15) is 0 Å². The molecule has 1 fully saturated rings. The van der Waals surface area contributed by atoms with E-state index in [0.717, 1.165) is 38.5 Å². The Hall–Kier alpha value is -2.41. The summed E-state index contributed by atoms with van der Waals surface area (Å²) in [4.78, 5) is 18.3. The molecule has 30 heavy (non-hydrogen) atoms. The highest BCUT2D eigenvalue weighted by molar-refractivity contribution is 6.31. The molecule has 1 saturated carbocycles. The van der Waals surface area contributed by atoms with Crippen molar-refractivity contribution in [1.29, 1.82) is 0 Å². The molecule has 0 radical (unpaired) electrons. The molecule has 1 N–H and O–H groups in total. The van der Waals surface area contributed by atoms with Gasteiger partial charge in [0.15, 0.2) is 11.5 Å². The molecule has 0 unspecified atom stereocenters. The van der Waals surface area contributed by atoms with Crippen molar-refractivity contribution in [2.24, 2.45) is 5.16 Å². The van der Waals surface area contributed by atoms with Gasteiger partial charge in [0.25, 0.3) is 0 Å². The van der Waals surface area contributed by atoms with Crippen molar-refractivity contribution in [2.45, 2.75) is 70.5 Å². The van der Waals surface area contributed by atoms with Gasteiger partial charge in [-0.25, -0.2) is 4.79 Å². The van der Waals surface area contributed by atoms with Crippen LogP contribution in [0.3, 0.4) is 0 Å². The highest BCUT2D eigenvalue weighted by atomic mass is 35.5. The van der Waals surface area contributed by atoms with Gasteiger partial charge in [-0.3, -0.25) is 0 Å². The molecule has 7 nitrogen and oxygen atoms in total. The minimum Gasteiger partial charge on any atom is -0.511 e. The standard InChI is InChI=1S/C22H26ClNO6/c1-2-6-16(20-17(25)11-22(30-21(20)26)7-4-3-5-8-22)24-29-12-14-9-18-19(10-15(14)23)28-13-27-18/h9-10,25H,2-8,11-13H2,1H3. The summed E-state index contributed by atoms with van der Waals surface area (Å²) in [5.41, 5.74) is 0.639. The van der Waals surface area contributed by atoms with E-state index in [0.29, 0.717) is 40.6 Å². The molecule has 0 amide bonds. The number of ether oxygens (including phenoxy) is 3. The summed E-state index contributed by atoms with van der Waals surface area (Å²) < 4.78 is 16.5. The molecule has 1 aliphatic carbocycles. The molecule has 3 aliphatic rings. The van der Waals surface area contributed by atoms with Crippen LogP contribution in [-0.2, 0) is 21.0 Å². The van der Waals surface area contributed by atoms with Crippen molar-refractivity contribution in [3.8, 4) is 11.5 Å². The maximum absolute atomic E-state index is 12.8. The number of halogens is 1. The second-order valence-electron chi connectivity index (χ2n) is 7.99. The second-order valence-corrected chi connectivity index (χ2v) is 8.40. The van der Waals surface area contributed by atoms with E-state index >= 15 is 0 Å². The quantitative estimate of drug-likeness (QED) is 0.375. The van der Waals surface area contributed by atoms with Crippen LogP contribution in [0.5, 0.6) is 11.5 Å². The lowest BCUT2D eigenvalue weighted by atomic mass is 9.79. The Labute approximate surface area is 180 Å². The number of carbonyl (C=O) groups excluding carboxylic acids is 1. The molecule has 0 saturated heterocycles. The zero-order valence-electron chi connectivity index (χ0n) is 17.0. The van der Waals surface area contributed by atoms with Gasteiger partial charge in [-0.15, -0.1) is 0 Å². The fraction of sp³-hybridized carbons (Fsp3) is 0.545. The van der Waals surface area contributed by atoms with Crippen LogP contribution in [0.2, 0.25) is 5.02 Å². The first kappa shape index (κ1) is 20.8. The van der Waals surface area contributed by atoms with Gasteiger partial charge < -0.3 is 24.2 Å². The van der Waals surface area contributed by atoms with Gasteiger partial charge in [-0.1, -0.05) is 36.5 Å². The Balaban J connectivity index is 1.51. The van der Waals surface area contributed by atoms with Crippen molar-refractivity contribution in [1.82, 2.24) is 0 Å². The lowest BCUT2D eigenvalue weighted by Gasteiger charge is -2.39. The molecule has 1 aromatic carbocycles. The van der Waals surface area contributed by atoms with E-state index in [1.165, 1.54) is 0 Å². The third-order valence-electron chi connectivity index (χ3n) is 5.77. The third kappa shape index (κ3) is 4.21. The Morgan fingerprint density at radius 2 is 1.97 bits per heavy atom. The number of hydrogen-bond acceptors (Lipinski definition) is 7. The van der Waals surface area contributed by atoms with Crippen molar-refractivity contribution >= 4 is 23.3 Å². The van der Waals surface area contributed by atoms with E-state index in [9.17, 15) is 9.90 Å². The number of aliphatic hydroxyl groups is 1. The van der Waals surface area contributed by atoms with Crippen LogP contribution < -0.4 is 9.47 Å². The number of rotatable bonds is 6. The van der Waals surface area contributed by atoms with Crippen LogP contribution in [0, 0.1) is 0 Å². The Kier molecular flexibility index (Phi) is 6.09. The molecular formula is C22H26ClNO6. The van der Waals surface area contributed by atoms with Gasteiger partial charge in [0.1, 0.15) is 23.5 Å². The summed E-state index contributed by atoms with van der Waals surface area (Å²) in [6.07, 6.45) is 6.28. The molecule has 0 aromatic heterocycles. The topological polar surface area (TPSA) is 86.6 Å². The van der Waals surface area contributed by atoms with Crippen molar-refractivity contribution in [2.75, 3.05) is 6.79 Å². The van der Waals surface area contributed by atoms with Crippen LogP contribution in [0.4, 0.5) is 0 Å². The Morgan fingerprint density at radius 3 is 2.67 bits per heavy atom. The van der Waals surface area contributed by atoms with Crippen LogP contribution >= 0.6 is 11.6 Å². The molecule has 1 spiro atoms. The summed E-state index contributed by atoms with van der Waals surface area (Å²) in [7, 11) is 0. The molecular weight excluding hydrogens is 410 g/mol. The first-order valence-electron chi connectivity index (χ1n) is 10.4. The molecule has 0 atom stereocenters. The van der Waals surface area contributed by atoms with E-state index in [4.69, 9.17) is 30.6 Å². The average molecular weight is 436 g/mol. The Bertz CT molecular complexity index is 888. The molecule has 2 aliphatic heterocycles. The lowest BCUT2D eigenvalue weighted by molar-refractivity contribution is -0.161. The van der Waals surface area contributed by atoms with Crippen LogP contribution in [0.25, 0.3) is 0 Å². The first-order chi connectivity index (χ1) is 14.5. The van der Waals surface area contributed by atoms with E-state index in [-0.39, 0.29) is 24.7 Å². The van der Waals surface area contributed by atoms with Gasteiger partial charge in [0, 0.05) is 18.1 Å². The van der Waals surface area contributed by atoms with E-state index in [2.05, 4.69) is 5.16 Å². The molecule has 2 heterocycles. The smallest absolute Gasteiger partial charge is 0.344 e. The largest absolute Gasteiger partial charge is 0.511 e. The van der Waals surface area contributed by atoms with Crippen molar-refractivity contribution in [3.63, 3.8) is 0 Å².